The number of anilines is 2. The number of amides is 1. The van der Waals surface area contributed by atoms with Gasteiger partial charge in [0.2, 0.25) is 0 Å². The normalized spacial score (nSPS) is 11.5. The molecular formula is C28H27N3O3S. The van der Waals surface area contributed by atoms with E-state index >= 15 is 0 Å². The summed E-state index contributed by atoms with van der Waals surface area (Å²) in [6.45, 7) is 4.10. The van der Waals surface area contributed by atoms with Crippen molar-refractivity contribution >= 4 is 34.0 Å². The molecule has 35 heavy (non-hydrogen) atoms. The van der Waals surface area contributed by atoms with Crippen LogP contribution in [0.5, 0.6) is 0 Å². The molecule has 0 aliphatic rings. The summed E-state index contributed by atoms with van der Waals surface area (Å²) in [7, 11) is 1.32. The van der Waals surface area contributed by atoms with Crippen molar-refractivity contribution in [2.24, 2.45) is 0 Å². The van der Waals surface area contributed by atoms with Crippen LogP contribution in [0.3, 0.4) is 0 Å². The summed E-state index contributed by atoms with van der Waals surface area (Å²) < 4.78 is 4.91. The first-order valence-electron chi connectivity index (χ1n) is 11.3. The van der Waals surface area contributed by atoms with Crippen molar-refractivity contribution in [3.8, 4) is 11.3 Å². The van der Waals surface area contributed by atoms with E-state index in [1.54, 1.807) is 29.5 Å². The molecule has 4 rings (SSSR count). The van der Waals surface area contributed by atoms with Gasteiger partial charge in [-0.05, 0) is 37.6 Å². The van der Waals surface area contributed by atoms with Crippen LogP contribution in [0.4, 0.5) is 10.8 Å². The number of aromatic nitrogens is 1. The highest BCUT2D eigenvalue weighted by Crippen LogP contribution is 2.32. The van der Waals surface area contributed by atoms with Gasteiger partial charge in [-0.1, -0.05) is 66.2 Å². The summed E-state index contributed by atoms with van der Waals surface area (Å²) in [5.41, 5.74) is 5.31. The number of esters is 1. The number of aryl methyl sites for hydroxylation is 2. The molecule has 1 atom stereocenters. The predicted molar refractivity (Wildman–Crippen MR) is 140 cm³/mol. The second kappa shape index (κ2) is 11.0. The maximum absolute atomic E-state index is 13.0. The molecule has 6 nitrogen and oxygen atoms in total. The van der Waals surface area contributed by atoms with Crippen molar-refractivity contribution in [2.75, 3.05) is 12.4 Å². The van der Waals surface area contributed by atoms with Crippen LogP contribution in [0.1, 0.15) is 26.4 Å². The number of thiazole rings is 1. The smallest absolute Gasteiger partial charge is 0.328 e. The quantitative estimate of drug-likeness (QED) is 0.314. The molecule has 0 saturated heterocycles. The fraction of sp³-hybridized carbons (Fsp3) is 0.179. The van der Waals surface area contributed by atoms with Gasteiger partial charge in [0.15, 0.2) is 5.13 Å². The van der Waals surface area contributed by atoms with Crippen LogP contribution >= 0.6 is 11.3 Å². The molecule has 0 aliphatic carbocycles. The minimum Gasteiger partial charge on any atom is -0.467 e. The van der Waals surface area contributed by atoms with Gasteiger partial charge in [0, 0.05) is 28.1 Å². The van der Waals surface area contributed by atoms with Gasteiger partial charge < -0.3 is 15.4 Å². The van der Waals surface area contributed by atoms with Crippen molar-refractivity contribution in [3.05, 3.63) is 100 Å². The second-order valence-electron chi connectivity index (χ2n) is 8.23. The first-order valence-corrected chi connectivity index (χ1v) is 12.1. The summed E-state index contributed by atoms with van der Waals surface area (Å²) in [4.78, 5) is 31.1. The lowest BCUT2D eigenvalue weighted by molar-refractivity contribution is -0.142. The number of ether oxygens (including phenoxy) is 1. The van der Waals surface area contributed by atoms with Crippen molar-refractivity contribution in [3.63, 3.8) is 0 Å². The summed E-state index contributed by atoms with van der Waals surface area (Å²) in [6, 6.07) is 24.1. The molecule has 0 spiro atoms. The number of benzene rings is 3. The van der Waals surface area contributed by atoms with Crippen LogP contribution < -0.4 is 10.6 Å². The summed E-state index contributed by atoms with van der Waals surface area (Å²) >= 11 is 1.56. The van der Waals surface area contributed by atoms with E-state index in [9.17, 15) is 9.59 Å². The van der Waals surface area contributed by atoms with Crippen LogP contribution in [0.15, 0.2) is 78.9 Å². The van der Waals surface area contributed by atoms with E-state index in [0.29, 0.717) is 12.0 Å². The monoisotopic (exact) mass is 485 g/mol. The lowest BCUT2D eigenvalue weighted by atomic mass is 10.1. The van der Waals surface area contributed by atoms with Crippen molar-refractivity contribution in [1.29, 1.82) is 0 Å². The Morgan fingerprint density at radius 2 is 1.71 bits per heavy atom. The maximum Gasteiger partial charge on any atom is 0.328 e. The molecule has 178 valence electrons. The topological polar surface area (TPSA) is 80.3 Å². The molecule has 0 fully saturated rings. The fourth-order valence-corrected chi connectivity index (χ4v) is 4.57. The molecule has 1 unspecified atom stereocenters. The Bertz CT molecular complexity index is 1320. The Morgan fingerprint density at radius 1 is 0.971 bits per heavy atom. The van der Waals surface area contributed by atoms with Gasteiger partial charge in [0.1, 0.15) is 6.04 Å². The number of nitrogens with zero attached hydrogens (tertiary/aromatic N) is 1. The van der Waals surface area contributed by atoms with Crippen molar-refractivity contribution < 1.29 is 14.3 Å². The van der Waals surface area contributed by atoms with E-state index in [-0.39, 0.29) is 5.91 Å². The SMILES string of the molecule is COC(=O)C(Cc1ccccc1)NC(=O)c1cccc(Nc2nc(-c3ccc(C)cc3)c(C)s2)c1. The summed E-state index contributed by atoms with van der Waals surface area (Å²) in [5, 5.41) is 6.86. The largest absolute Gasteiger partial charge is 0.467 e. The van der Waals surface area contributed by atoms with E-state index < -0.39 is 12.0 Å². The minimum absolute atomic E-state index is 0.345. The third kappa shape index (κ3) is 6.13. The average molecular weight is 486 g/mol. The molecule has 0 bridgehead atoms. The highest BCUT2D eigenvalue weighted by Gasteiger charge is 2.23. The Labute approximate surface area is 209 Å². The molecular weight excluding hydrogens is 458 g/mol. The van der Waals surface area contributed by atoms with Gasteiger partial charge in [0.05, 0.1) is 12.8 Å². The first kappa shape index (κ1) is 24.2. The number of carbonyl (C=O) groups is 2. The first-order chi connectivity index (χ1) is 16.9. The summed E-state index contributed by atoms with van der Waals surface area (Å²) in [5.74, 6) is -0.839. The van der Waals surface area contributed by atoms with E-state index in [4.69, 9.17) is 9.72 Å². The highest BCUT2D eigenvalue weighted by atomic mass is 32.1. The van der Waals surface area contributed by atoms with Crippen molar-refractivity contribution in [1.82, 2.24) is 10.3 Å². The number of carbonyl (C=O) groups excluding carboxylic acids is 2. The fourth-order valence-electron chi connectivity index (χ4n) is 3.72. The number of rotatable bonds is 8. The number of hydrogen-bond donors (Lipinski definition) is 2. The zero-order chi connectivity index (χ0) is 24.8. The number of methoxy groups -OCH3 is 1. The van der Waals surface area contributed by atoms with E-state index in [1.165, 1.54) is 12.7 Å². The third-order valence-corrected chi connectivity index (χ3v) is 6.46. The zero-order valence-electron chi connectivity index (χ0n) is 19.9. The molecule has 0 radical (unpaired) electrons. The zero-order valence-corrected chi connectivity index (χ0v) is 20.7. The van der Waals surface area contributed by atoms with Gasteiger partial charge in [-0.25, -0.2) is 9.78 Å². The highest BCUT2D eigenvalue weighted by molar-refractivity contribution is 7.16. The molecule has 1 aromatic heterocycles. The molecule has 0 aliphatic heterocycles. The predicted octanol–water partition coefficient (Wildman–Crippen LogP) is 5.68. The van der Waals surface area contributed by atoms with Gasteiger partial charge >= 0.3 is 5.97 Å². The molecule has 4 aromatic rings. The molecule has 7 heteroatoms. The third-order valence-electron chi connectivity index (χ3n) is 5.57. The van der Waals surface area contributed by atoms with Crippen LogP contribution in [0.25, 0.3) is 11.3 Å². The van der Waals surface area contributed by atoms with Crippen LogP contribution in [-0.4, -0.2) is 30.0 Å². The standard InChI is InChI=1S/C28H27N3O3S/c1-18-12-14-21(15-13-18)25-19(2)35-28(31-25)29-23-11-7-10-22(17-23)26(32)30-24(27(33)34-3)16-20-8-5-4-6-9-20/h4-15,17,24H,16H2,1-3H3,(H,29,31)(H,30,32). The molecule has 1 amide bonds. The Morgan fingerprint density at radius 3 is 2.43 bits per heavy atom. The molecule has 3 aromatic carbocycles. The van der Waals surface area contributed by atoms with E-state index in [0.717, 1.165) is 32.5 Å². The number of hydrogen-bond acceptors (Lipinski definition) is 6. The van der Waals surface area contributed by atoms with Crippen LogP contribution in [-0.2, 0) is 16.0 Å². The maximum atomic E-state index is 13.0. The van der Waals surface area contributed by atoms with E-state index in [1.807, 2.05) is 43.3 Å². The van der Waals surface area contributed by atoms with Gasteiger partial charge in [-0.3, -0.25) is 4.79 Å². The Balaban J connectivity index is 1.48. The second-order valence-corrected chi connectivity index (χ2v) is 9.44. The van der Waals surface area contributed by atoms with Gasteiger partial charge in [-0.15, -0.1) is 11.3 Å². The minimum atomic E-state index is -0.787. The lowest BCUT2D eigenvalue weighted by Gasteiger charge is -2.17. The average Bonchev–Trinajstić information content (AvgIpc) is 3.24. The molecule has 0 saturated carbocycles. The van der Waals surface area contributed by atoms with Crippen LogP contribution in [0, 0.1) is 13.8 Å². The lowest BCUT2D eigenvalue weighted by Crippen LogP contribution is -2.43. The molecule has 2 N–H and O–H groups in total. The molecule has 1 heterocycles. The Kier molecular flexibility index (Phi) is 7.57. The van der Waals surface area contributed by atoms with Gasteiger partial charge in [0.25, 0.3) is 5.91 Å². The van der Waals surface area contributed by atoms with E-state index in [2.05, 4.69) is 41.8 Å². The Hall–Kier alpha value is -3.97. The summed E-state index contributed by atoms with van der Waals surface area (Å²) in [6.07, 6.45) is 0.345. The van der Waals surface area contributed by atoms with Crippen molar-refractivity contribution in [2.45, 2.75) is 26.3 Å². The van der Waals surface area contributed by atoms with Crippen LogP contribution in [0.2, 0.25) is 0 Å². The number of nitrogens with one attached hydrogen (secondary N) is 2. The van der Waals surface area contributed by atoms with Gasteiger partial charge in [-0.2, -0.15) is 0 Å².